The first kappa shape index (κ1) is 14.3. The lowest BCUT2D eigenvalue weighted by atomic mass is 10.2. The fourth-order valence-corrected chi connectivity index (χ4v) is 1.82. The Balaban J connectivity index is 1.70. The molecule has 2 aromatic rings. The van der Waals surface area contributed by atoms with Crippen LogP contribution in [0.2, 0.25) is 0 Å². The van der Waals surface area contributed by atoms with E-state index in [0.29, 0.717) is 19.8 Å². The van der Waals surface area contributed by atoms with Crippen LogP contribution in [-0.4, -0.2) is 18.2 Å². The average Bonchev–Trinajstić information content (AvgIpc) is 2.49. The van der Waals surface area contributed by atoms with Crippen LogP contribution in [0, 0.1) is 6.92 Å². The van der Waals surface area contributed by atoms with Crippen LogP contribution in [-0.2, 0) is 6.54 Å². The molecule has 0 radical (unpaired) electrons. The normalized spacial score (nSPS) is 10.3. The molecule has 2 rings (SSSR count). The fraction of sp³-hybridized carbons (Fsp3) is 0.312. The van der Waals surface area contributed by atoms with Gasteiger partial charge in [0.2, 0.25) is 0 Å². The molecule has 0 saturated carbocycles. The van der Waals surface area contributed by atoms with E-state index in [0.717, 1.165) is 29.2 Å². The second kappa shape index (κ2) is 7.50. The summed E-state index contributed by atoms with van der Waals surface area (Å²) in [5.74, 6) is 1.68. The van der Waals surface area contributed by atoms with Gasteiger partial charge in [0.1, 0.15) is 11.5 Å². The monoisotopic (exact) mass is 272 g/mol. The Labute approximate surface area is 119 Å². The van der Waals surface area contributed by atoms with Crippen molar-refractivity contribution < 1.29 is 9.47 Å². The molecule has 4 nitrogen and oxygen atoms in total. The van der Waals surface area contributed by atoms with Crippen molar-refractivity contribution in [2.24, 2.45) is 5.73 Å². The first-order valence-electron chi connectivity index (χ1n) is 6.76. The number of pyridine rings is 1. The van der Waals surface area contributed by atoms with Gasteiger partial charge in [0.25, 0.3) is 0 Å². The van der Waals surface area contributed by atoms with E-state index in [1.54, 1.807) is 6.20 Å². The first-order chi connectivity index (χ1) is 9.79. The van der Waals surface area contributed by atoms with Gasteiger partial charge in [-0.3, -0.25) is 4.98 Å². The van der Waals surface area contributed by atoms with E-state index >= 15 is 0 Å². The molecule has 0 amide bonds. The highest BCUT2D eigenvalue weighted by molar-refractivity contribution is 5.28. The van der Waals surface area contributed by atoms with E-state index in [9.17, 15) is 0 Å². The molecular formula is C16H20N2O2. The minimum atomic E-state index is 0.528. The summed E-state index contributed by atoms with van der Waals surface area (Å²) < 4.78 is 11.3. The van der Waals surface area contributed by atoms with Crippen LogP contribution in [0.25, 0.3) is 0 Å². The largest absolute Gasteiger partial charge is 0.493 e. The highest BCUT2D eigenvalue weighted by Crippen LogP contribution is 2.15. The number of aryl methyl sites for hydroxylation is 1. The highest BCUT2D eigenvalue weighted by atomic mass is 16.5. The van der Waals surface area contributed by atoms with Gasteiger partial charge in [0.05, 0.1) is 18.9 Å². The zero-order valence-corrected chi connectivity index (χ0v) is 11.7. The van der Waals surface area contributed by atoms with Crippen LogP contribution in [0.3, 0.4) is 0 Å². The van der Waals surface area contributed by atoms with Crippen molar-refractivity contribution in [2.75, 3.05) is 13.2 Å². The van der Waals surface area contributed by atoms with Gasteiger partial charge in [-0.15, -0.1) is 0 Å². The highest BCUT2D eigenvalue weighted by Gasteiger charge is 1.99. The van der Waals surface area contributed by atoms with Gasteiger partial charge in [-0.25, -0.2) is 0 Å². The van der Waals surface area contributed by atoms with Crippen molar-refractivity contribution in [3.63, 3.8) is 0 Å². The third kappa shape index (κ3) is 4.24. The van der Waals surface area contributed by atoms with Crippen LogP contribution in [0.1, 0.15) is 17.7 Å². The molecule has 0 atom stereocenters. The van der Waals surface area contributed by atoms with Crippen molar-refractivity contribution in [3.05, 3.63) is 53.9 Å². The van der Waals surface area contributed by atoms with Crippen molar-refractivity contribution in [1.29, 1.82) is 0 Å². The standard InChI is InChI=1S/C16H20N2O2/c1-13-16(7-3-8-18-13)20-10-4-9-19-15-6-2-5-14(11-15)12-17/h2-3,5-8,11H,4,9-10,12,17H2,1H3. The Bertz CT molecular complexity index is 544. The molecular weight excluding hydrogens is 252 g/mol. The van der Waals surface area contributed by atoms with E-state index in [4.69, 9.17) is 15.2 Å². The van der Waals surface area contributed by atoms with Crippen LogP contribution < -0.4 is 15.2 Å². The Morgan fingerprint density at radius 3 is 2.75 bits per heavy atom. The molecule has 0 bridgehead atoms. The van der Waals surface area contributed by atoms with E-state index in [2.05, 4.69) is 4.98 Å². The quantitative estimate of drug-likeness (QED) is 0.787. The maximum absolute atomic E-state index is 5.67. The molecule has 4 heteroatoms. The maximum atomic E-state index is 5.67. The summed E-state index contributed by atoms with van der Waals surface area (Å²) in [7, 11) is 0. The minimum Gasteiger partial charge on any atom is -0.493 e. The van der Waals surface area contributed by atoms with E-state index in [1.165, 1.54) is 0 Å². The van der Waals surface area contributed by atoms with Gasteiger partial charge in [-0.2, -0.15) is 0 Å². The number of aromatic nitrogens is 1. The summed E-state index contributed by atoms with van der Waals surface area (Å²) in [6, 6.07) is 11.6. The molecule has 0 fully saturated rings. The summed E-state index contributed by atoms with van der Waals surface area (Å²) >= 11 is 0. The van der Waals surface area contributed by atoms with Crippen LogP contribution >= 0.6 is 0 Å². The summed E-state index contributed by atoms with van der Waals surface area (Å²) in [6.45, 7) is 3.70. The van der Waals surface area contributed by atoms with Gasteiger partial charge < -0.3 is 15.2 Å². The van der Waals surface area contributed by atoms with Gasteiger partial charge in [-0.1, -0.05) is 12.1 Å². The Morgan fingerprint density at radius 2 is 1.95 bits per heavy atom. The van der Waals surface area contributed by atoms with Crippen molar-refractivity contribution in [1.82, 2.24) is 4.98 Å². The fourth-order valence-electron chi connectivity index (χ4n) is 1.82. The predicted octanol–water partition coefficient (Wildman–Crippen LogP) is 2.70. The topological polar surface area (TPSA) is 57.4 Å². The van der Waals surface area contributed by atoms with Crippen LogP contribution in [0.4, 0.5) is 0 Å². The number of rotatable bonds is 7. The SMILES string of the molecule is Cc1ncccc1OCCCOc1cccc(CN)c1. The van der Waals surface area contributed by atoms with Gasteiger partial charge >= 0.3 is 0 Å². The zero-order valence-electron chi connectivity index (χ0n) is 11.7. The van der Waals surface area contributed by atoms with E-state index in [1.807, 2.05) is 43.3 Å². The Morgan fingerprint density at radius 1 is 1.10 bits per heavy atom. The van der Waals surface area contributed by atoms with Crippen molar-refractivity contribution in [3.8, 4) is 11.5 Å². The molecule has 0 saturated heterocycles. The molecule has 0 aliphatic heterocycles. The van der Waals surface area contributed by atoms with E-state index in [-0.39, 0.29) is 0 Å². The van der Waals surface area contributed by atoms with Gasteiger partial charge in [-0.05, 0) is 36.8 Å². The molecule has 1 aromatic heterocycles. The van der Waals surface area contributed by atoms with E-state index < -0.39 is 0 Å². The molecule has 1 heterocycles. The average molecular weight is 272 g/mol. The molecule has 1 aromatic carbocycles. The Hall–Kier alpha value is -2.07. The number of ether oxygens (including phenoxy) is 2. The molecule has 20 heavy (non-hydrogen) atoms. The lowest BCUT2D eigenvalue weighted by Crippen LogP contribution is -2.06. The number of nitrogens with two attached hydrogens (primary N) is 1. The maximum Gasteiger partial charge on any atom is 0.140 e. The smallest absolute Gasteiger partial charge is 0.140 e. The molecule has 0 aliphatic carbocycles. The lowest BCUT2D eigenvalue weighted by molar-refractivity contribution is 0.246. The first-order valence-corrected chi connectivity index (χ1v) is 6.76. The Kier molecular flexibility index (Phi) is 5.38. The second-order valence-corrected chi connectivity index (χ2v) is 4.49. The zero-order chi connectivity index (χ0) is 14.2. The third-order valence-corrected chi connectivity index (χ3v) is 2.91. The molecule has 106 valence electrons. The van der Waals surface area contributed by atoms with Crippen LogP contribution in [0.5, 0.6) is 11.5 Å². The second-order valence-electron chi connectivity index (χ2n) is 4.49. The summed E-state index contributed by atoms with van der Waals surface area (Å²) in [4.78, 5) is 4.18. The lowest BCUT2D eigenvalue weighted by Gasteiger charge is -2.09. The van der Waals surface area contributed by atoms with Crippen molar-refractivity contribution in [2.45, 2.75) is 19.9 Å². The molecule has 0 aliphatic rings. The summed E-state index contributed by atoms with van der Waals surface area (Å²) in [6.07, 6.45) is 2.58. The molecule has 2 N–H and O–H groups in total. The van der Waals surface area contributed by atoms with Crippen molar-refractivity contribution >= 4 is 0 Å². The van der Waals surface area contributed by atoms with Gasteiger partial charge in [0, 0.05) is 19.2 Å². The summed E-state index contributed by atoms with van der Waals surface area (Å²) in [5, 5.41) is 0. The third-order valence-electron chi connectivity index (χ3n) is 2.91. The predicted molar refractivity (Wildman–Crippen MR) is 78.9 cm³/mol. The minimum absolute atomic E-state index is 0.528. The van der Waals surface area contributed by atoms with Gasteiger partial charge in [0.15, 0.2) is 0 Å². The van der Waals surface area contributed by atoms with Crippen LogP contribution in [0.15, 0.2) is 42.6 Å². The molecule has 0 unspecified atom stereocenters. The molecule has 0 spiro atoms. The number of hydrogen-bond acceptors (Lipinski definition) is 4. The number of hydrogen-bond donors (Lipinski definition) is 1. The summed E-state index contributed by atoms with van der Waals surface area (Å²) in [5.41, 5.74) is 7.57. The number of nitrogens with zero attached hydrogens (tertiary/aromatic N) is 1. The number of benzene rings is 1.